The fourth-order valence-corrected chi connectivity index (χ4v) is 2.49. The molecule has 0 saturated carbocycles. The summed E-state index contributed by atoms with van der Waals surface area (Å²) in [7, 11) is -0.0595. The van der Waals surface area contributed by atoms with Crippen molar-refractivity contribution < 1.29 is 13.2 Å². The molecule has 0 bridgehead atoms. The van der Waals surface area contributed by atoms with E-state index in [9.17, 15) is 8.42 Å². The zero-order valence-electron chi connectivity index (χ0n) is 11.8. The number of hydrogen-bond donors (Lipinski definition) is 2. The van der Waals surface area contributed by atoms with E-state index in [1.165, 1.54) is 12.1 Å². The molecule has 0 aliphatic rings. The first-order chi connectivity index (χ1) is 9.79. The number of anilines is 2. The van der Waals surface area contributed by atoms with Gasteiger partial charge in [-0.05, 0) is 24.3 Å². The normalized spacial score (nSPS) is 11.2. The molecule has 6 nitrogen and oxygen atoms in total. The molecular formula is C14H17N3O3S. The van der Waals surface area contributed by atoms with Crippen LogP contribution in [0.3, 0.4) is 0 Å². The standard InChI is InChI=1S/C14H17N3O3S/c1-17(2)10-5-3-6-11(9-10)20-12-7-4-8-13(14(12)15)21(16,18)19/h3-9H,15H2,1-2H3,(H2,16,18,19). The Hall–Kier alpha value is -2.25. The van der Waals surface area contributed by atoms with Gasteiger partial charge in [-0.1, -0.05) is 12.1 Å². The molecule has 0 fully saturated rings. The van der Waals surface area contributed by atoms with E-state index < -0.39 is 10.0 Å². The van der Waals surface area contributed by atoms with Crippen molar-refractivity contribution in [3.05, 3.63) is 42.5 Å². The van der Waals surface area contributed by atoms with Crippen molar-refractivity contribution in [1.82, 2.24) is 0 Å². The van der Waals surface area contributed by atoms with Crippen molar-refractivity contribution in [2.75, 3.05) is 24.7 Å². The Labute approximate surface area is 124 Å². The molecule has 2 aromatic carbocycles. The number of nitrogen functional groups attached to an aromatic ring is 1. The SMILES string of the molecule is CN(C)c1cccc(Oc2cccc(S(N)(=O)=O)c2N)c1. The Kier molecular flexibility index (Phi) is 4.06. The second-order valence-electron chi connectivity index (χ2n) is 4.71. The Morgan fingerprint density at radius 1 is 1.10 bits per heavy atom. The van der Waals surface area contributed by atoms with Crippen LogP contribution in [0.15, 0.2) is 47.4 Å². The third-order valence-corrected chi connectivity index (χ3v) is 3.86. The molecule has 21 heavy (non-hydrogen) atoms. The summed E-state index contributed by atoms with van der Waals surface area (Å²) in [6, 6.07) is 11.8. The molecule has 0 radical (unpaired) electrons. The van der Waals surface area contributed by atoms with Crippen molar-refractivity contribution >= 4 is 21.4 Å². The summed E-state index contributed by atoms with van der Waals surface area (Å²) in [5.41, 5.74) is 6.77. The molecule has 0 atom stereocenters. The van der Waals surface area contributed by atoms with Crippen molar-refractivity contribution in [2.24, 2.45) is 5.14 Å². The van der Waals surface area contributed by atoms with E-state index in [1.807, 2.05) is 37.2 Å². The summed E-state index contributed by atoms with van der Waals surface area (Å²) in [6.07, 6.45) is 0. The molecule has 0 saturated heterocycles. The minimum absolute atomic E-state index is 0.00439. The zero-order valence-corrected chi connectivity index (χ0v) is 12.6. The fourth-order valence-electron chi connectivity index (χ4n) is 1.81. The van der Waals surface area contributed by atoms with Gasteiger partial charge in [-0.25, -0.2) is 13.6 Å². The van der Waals surface area contributed by atoms with E-state index in [-0.39, 0.29) is 16.3 Å². The highest BCUT2D eigenvalue weighted by Gasteiger charge is 2.16. The van der Waals surface area contributed by atoms with Crippen LogP contribution in [0, 0.1) is 0 Å². The van der Waals surface area contributed by atoms with Gasteiger partial charge in [0.1, 0.15) is 10.6 Å². The minimum Gasteiger partial charge on any atom is -0.455 e. The van der Waals surface area contributed by atoms with Gasteiger partial charge in [-0.15, -0.1) is 0 Å². The predicted molar refractivity (Wildman–Crippen MR) is 83.1 cm³/mol. The lowest BCUT2D eigenvalue weighted by atomic mass is 10.2. The van der Waals surface area contributed by atoms with E-state index in [4.69, 9.17) is 15.6 Å². The van der Waals surface area contributed by atoms with E-state index in [0.29, 0.717) is 5.75 Å². The third-order valence-electron chi connectivity index (χ3n) is 2.89. The number of primary sulfonamides is 1. The van der Waals surface area contributed by atoms with Crippen molar-refractivity contribution in [1.29, 1.82) is 0 Å². The first kappa shape index (κ1) is 15.1. The van der Waals surface area contributed by atoms with E-state index in [2.05, 4.69) is 0 Å². The Bertz CT molecular complexity index is 758. The molecule has 0 aromatic heterocycles. The maximum Gasteiger partial charge on any atom is 0.240 e. The highest BCUT2D eigenvalue weighted by atomic mass is 32.2. The van der Waals surface area contributed by atoms with Crippen LogP contribution >= 0.6 is 0 Å². The van der Waals surface area contributed by atoms with Crippen LogP contribution in [0.1, 0.15) is 0 Å². The summed E-state index contributed by atoms with van der Waals surface area (Å²) in [5.74, 6) is 0.803. The number of rotatable bonds is 4. The largest absolute Gasteiger partial charge is 0.455 e. The lowest BCUT2D eigenvalue weighted by Gasteiger charge is -2.15. The summed E-state index contributed by atoms with van der Waals surface area (Å²) in [6.45, 7) is 0. The molecule has 0 unspecified atom stereocenters. The van der Waals surface area contributed by atoms with Crippen LogP contribution in [0.5, 0.6) is 11.5 Å². The van der Waals surface area contributed by atoms with E-state index in [0.717, 1.165) is 5.69 Å². The summed E-state index contributed by atoms with van der Waals surface area (Å²) < 4.78 is 28.5. The van der Waals surface area contributed by atoms with Crippen LogP contribution in [0.2, 0.25) is 0 Å². The van der Waals surface area contributed by atoms with Gasteiger partial charge >= 0.3 is 0 Å². The molecule has 2 rings (SSSR count). The van der Waals surface area contributed by atoms with Gasteiger partial charge in [-0.2, -0.15) is 0 Å². The van der Waals surface area contributed by atoms with Gasteiger partial charge in [0.25, 0.3) is 0 Å². The Balaban J connectivity index is 2.39. The van der Waals surface area contributed by atoms with Crippen molar-refractivity contribution in [3.63, 3.8) is 0 Å². The topological polar surface area (TPSA) is 98.6 Å². The average Bonchev–Trinajstić information content (AvgIpc) is 2.40. The Morgan fingerprint density at radius 3 is 2.38 bits per heavy atom. The highest BCUT2D eigenvalue weighted by molar-refractivity contribution is 7.89. The number of hydrogen-bond acceptors (Lipinski definition) is 5. The predicted octanol–water partition coefficient (Wildman–Crippen LogP) is 1.77. The second kappa shape index (κ2) is 5.63. The quantitative estimate of drug-likeness (QED) is 0.839. The van der Waals surface area contributed by atoms with E-state index in [1.54, 1.807) is 12.1 Å². The lowest BCUT2D eigenvalue weighted by Crippen LogP contribution is -2.14. The maximum absolute atomic E-state index is 11.4. The van der Waals surface area contributed by atoms with Crippen LogP contribution in [0.25, 0.3) is 0 Å². The molecule has 0 aliphatic carbocycles. The van der Waals surface area contributed by atoms with Gasteiger partial charge in [0.05, 0.1) is 5.69 Å². The van der Waals surface area contributed by atoms with Gasteiger partial charge in [0, 0.05) is 25.8 Å². The smallest absolute Gasteiger partial charge is 0.240 e. The number of para-hydroxylation sites is 1. The molecule has 7 heteroatoms. The first-order valence-electron chi connectivity index (χ1n) is 6.15. The molecule has 2 aromatic rings. The summed E-state index contributed by atoms with van der Waals surface area (Å²) >= 11 is 0. The second-order valence-corrected chi connectivity index (χ2v) is 6.24. The number of benzene rings is 2. The molecule has 4 N–H and O–H groups in total. The van der Waals surface area contributed by atoms with Crippen molar-refractivity contribution in [3.8, 4) is 11.5 Å². The zero-order chi connectivity index (χ0) is 15.6. The van der Waals surface area contributed by atoms with Gasteiger partial charge in [-0.3, -0.25) is 0 Å². The number of sulfonamides is 1. The van der Waals surface area contributed by atoms with Crippen molar-refractivity contribution in [2.45, 2.75) is 4.90 Å². The number of ether oxygens (including phenoxy) is 1. The molecule has 0 aliphatic heterocycles. The van der Waals surface area contributed by atoms with Gasteiger partial charge in [0.15, 0.2) is 5.75 Å². The van der Waals surface area contributed by atoms with Crippen LogP contribution in [-0.4, -0.2) is 22.5 Å². The number of nitrogens with zero attached hydrogens (tertiary/aromatic N) is 1. The molecule has 0 heterocycles. The van der Waals surface area contributed by atoms with Gasteiger partial charge < -0.3 is 15.4 Å². The minimum atomic E-state index is -3.88. The Morgan fingerprint density at radius 2 is 1.76 bits per heavy atom. The average molecular weight is 307 g/mol. The van der Waals surface area contributed by atoms with Gasteiger partial charge in [0.2, 0.25) is 10.0 Å². The number of nitrogens with two attached hydrogens (primary N) is 2. The monoisotopic (exact) mass is 307 g/mol. The first-order valence-corrected chi connectivity index (χ1v) is 7.70. The van der Waals surface area contributed by atoms with Crippen LogP contribution in [-0.2, 0) is 10.0 Å². The summed E-state index contributed by atoms with van der Waals surface area (Å²) in [4.78, 5) is 1.78. The fraction of sp³-hybridized carbons (Fsp3) is 0.143. The lowest BCUT2D eigenvalue weighted by molar-refractivity contribution is 0.483. The molecular weight excluding hydrogens is 290 g/mol. The van der Waals surface area contributed by atoms with Crippen LogP contribution in [0.4, 0.5) is 11.4 Å². The highest BCUT2D eigenvalue weighted by Crippen LogP contribution is 2.32. The third kappa shape index (κ3) is 3.45. The van der Waals surface area contributed by atoms with E-state index >= 15 is 0 Å². The maximum atomic E-state index is 11.4. The van der Waals surface area contributed by atoms with Crippen LogP contribution < -0.4 is 20.5 Å². The molecule has 0 spiro atoms. The summed E-state index contributed by atoms with van der Waals surface area (Å²) in [5, 5.41) is 5.11. The molecule has 0 amide bonds. The molecule has 112 valence electrons.